The van der Waals surface area contributed by atoms with Gasteiger partial charge in [0.05, 0.1) is 6.54 Å². The van der Waals surface area contributed by atoms with Crippen LogP contribution in [0.25, 0.3) is 0 Å². The molecule has 2 heterocycles. The zero-order valence-corrected chi connectivity index (χ0v) is 11.6. The van der Waals surface area contributed by atoms with Crippen molar-refractivity contribution in [3.05, 3.63) is 57.8 Å². The van der Waals surface area contributed by atoms with Gasteiger partial charge in [-0.15, -0.1) is 0 Å². The average molecular weight is 272 g/mol. The first-order valence-electron chi connectivity index (χ1n) is 6.35. The molecule has 98 valence electrons. The molecule has 1 saturated heterocycles. The van der Waals surface area contributed by atoms with Crippen LogP contribution in [0.1, 0.15) is 22.9 Å². The summed E-state index contributed by atoms with van der Waals surface area (Å²) in [5.41, 5.74) is 3.64. The van der Waals surface area contributed by atoms with Crippen molar-refractivity contribution < 1.29 is 4.79 Å². The first kappa shape index (κ1) is 12.4. The number of rotatable bonds is 3. The highest BCUT2D eigenvalue weighted by molar-refractivity contribution is 7.08. The van der Waals surface area contributed by atoms with E-state index in [1.807, 2.05) is 23.1 Å². The third-order valence-electron chi connectivity index (χ3n) is 3.50. The van der Waals surface area contributed by atoms with Crippen LogP contribution >= 0.6 is 11.3 Å². The average Bonchev–Trinajstić information content (AvgIpc) is 2.99. The number of hydrogen-bond acceptors (Lipinski definition) is 3. The number of thiophene rings is 1. The molecule has 0 saturated carbocycles. The molecule has 3 nitrogen and oxygen atoms in total. The Hall–Kier alpha value is -1.65. The van der Waals surface area contributed by atoms with E-state index in [-0.39, 0.29) is 12.1 Å². The lowest BCUT2D eigenvalue weighted by Gasteiger charge is -2.24. The molecular formula is C15H16N2OS. The molecule has 1 fully saturated rings. The molecule has 4 heteroatoms. The molecule has 0 radical (unpaired) electrons. The van der Waals surface area contributed by atoms with E-state index < -0.39 is 0 Å². The van der Waals surface area contributed by atoms with E-state index in [9.17, 15) is 4.79 Å². The van der Waals surface area contributed by atoms with Crippen LogP contribution in [0.5, 0.6) is 0 Å². The summed E-state index contributed by atoms with van der Waals surface area (Å²) in [4.78, 5) is 14.0. The van der Waals surface area contributed by atoms with Gasteiger partial charge in [0, 0.05) is 6.54 Å². The van der Waals surface area contributed by atoms with Crippen LogP contribution in [0, 0.1) is 6.92 Å². The van der Waals surface area contributed by atoms with Gasteiger partial charge in [-0.2, -0.15) is 11.3 Å². The molecule has 0 bridgehead atoms. The second kappa shape index (κ2) is 5.15. The van der Waals surface area contributed by atoms with E-state index in [1.54, 1.807) is 11.3 Å². The van der Waals surface area contributed by atoms with Gasteiger partial charge in [0.1, 0.15) is 6.17 Å². The maximum Gasteiger partial charge on any atom is 0.238 e. The van der Waals surface area contributed by atoms with Crippen LogP contribution in [-0.4, -0.2) is 17.4 Å². The van der Waals surface area contributed by atoms with Crippen molar-refractivity contribution in [2.24, 2.45) is 0 Å². The molecular weight excluding hydrogens is 256 g/mol. The highest BCUT2D eigenvalue weighted by Gasteiger charge is 2.31. The van der Waals surface area contributed by atoms with Gasteiger partial charge in [-0.1, -0.05) is 30.3 Å². The molecule has 1 atom stereocenters. The number of carbonyl (C=O) groups is 1. The zero-order chi connectivity index (χ0) is 13.2. The van der Waals surface area contributed by atoms with Gasteiger partial charge >= 0.3 is 0 Å². The van der Waals surface area contributed by atoms with E-state index in [1.165, 1.54) is 11.1 Å². The number of carbonyl (C=O) groups excluding carboxylic acids is 1. The smallest absolute Gasteiger partial charge is 0.238 e. The Morgan fingerprint density at radius 2 is 2.11 bits per heavy atom. The summed E-state index contributed by atoms with van der Waals surface area (Å²) >= 11 is 1.69. The quantitative estimate of drug-likeness (QED) is 0.931. The Labute approximate surface area is 116 Å². The summed E-state index contributed by atoms with van der Waals surface area (Å²) in [5, 5.41) is 7.54. The number of benzene rings is 1. The minimum atomic E-state index is -0.00648. The van der Waals surface area contributed by atoms with Gasteiger partial charge < -0.3 is 4.90 Å². The summed E-state index contributed by atoms with van der Waals surface area (Å²) in [7, 11) is 0. The molecule has 3 rings (SSSR count). The molecule has 1 amide bonds. The molecule has 1 aromatic carbocycles. The Balaban J connectivity index is 1.85. The van der Waals surface area contributed by atoms with Gasteiger partial charge in [-0.05, 0) is 34.4 Å². The summed E-state index contributed by atoms with van der Waals surface area (Å²) < 4.78 is 0. The van der Waals surface area contributed by atoms with Gasteiger partial charge in [-0.3, -0.25) is 10.1 Å². The van der Waals surface area contributed by atoms with Crippen molar-refractivity contribution in [1.29, 1.82) is 0 Å². The summed E-state index contributed by atoms with van der Waals surface area (Å²) in [6.45, 7) is 3.20. The zero-order valence-electron chi connectivity index (χ0n) is 10.8. The molecule has 2 aromatic rings. The second-order valence-corrected chi connectivity index (χ2v) is 5.54. The van der Waals surface area contributed by atoms with Crippen LogP contribution in [0.4, 0.5) is 0 Å². The summed E-state index contributed by atoms with van der Waals surface area (Å²) in [5.74, 6) is 0.166. The third kappa shape index (κ3) is 2.41. The molecule has 19 heavy (non-hydrogen) atoms. The van der Waals surface area contributed by atoms with Crippen molar-refractivity contribution in [2.45, 2.75) is 19.6 Å². The van der Waals surface area contributed by atoms with Gasteiger partial charge in [0.2, 0.25) is 5.91 Å². The SMILES string of the molecule is Cc1cscc1CN1C(=O)CNC1c1ccccc1. The lowest BCUT2D eigenvalue weighted by atomic mass is 10.1. The fourth-order valence-electron chi connectivity index (χ4n) is 2.38. The fourth-order valence-corrected chi connectivity index (χ4v) is 3.23. The monoisotopic (exact) mass is 272 g/mol. The number of aryl methyl sites for hydroxylation is 1. The third-order valence-corrected chi connectivity index (χ3v) is 4.41. The Morgan fingerprint density at radius 1 is 1.32 bits per heavy atom. The molecule has 1 unspecified atom stereocenters. The molecule has 1 N–H and O–H groups in total. The highest BCUT2D eigenvalue weighted by atomic mass is 32.1. The first-order valence-corrected chi connectivity index (χ1v) is 7.29. The number of amides is 1. The number of hydrogen-bond donors (Lipinski definition) is 1. The lowest BCUT2D eigenvalue weighted by Crippen LogP contribution is -2.29. The van der Waals surface area contributed by atoms with Gasteiger partial charge in [0.25, 0.3) is 0 Å². The maximum atomic E-state index is 12.1. The van der Waals surface area contributed by atoms with Crippen molar-refractivity contribution >= 4 is 17.2 Å². The van der Waals surface area contributed by atoms with Crippen LogP contribution < -0.4 is 5.32 Å². The largest absolute Gasteiger partial charge is 0.317 e. The molecule has 1 aliphatic heterocycles. The molecule has 1 aliphatic rings. The normalized spacial score (nSPS) is 19.1. The molecule has 0 aliphatic carbocycles. The summed E-state index contributed by atoms with van der Waals surface area (Å²) in [6, 6.07) is 10.1. The highest BCUT2D eigenvalue weighted by Crippen LogP contribution is 2.26. The lowest BCUT2D eigenvalue weighted by molar-refractivity contribution is -0.128. The van der Waals surface area contributed by atoms with Crippen molar-refractivity contribution in [1.82, 2.24) is 10.2 Å². The Kier molecular flexibility index (Phi) is 3.36. The van der Waals surface area contributed by atoms with E-state index >= 15 is 0 Å². The van der Waals surface area contributed by atoms with Gasteiger partial charge in [0.15, 0.2) is 0 Å². The Morgan fingerprint density at radius 3 is 2.79 bits per heavy atom. The van der Waals surface area contributed by atoms with Crippen LogP contribution in [0.2, 0.25) is 0 Å². The topological polar surface area (TPSA) is 32.3 Å². The van der Waals surface area contributed by atoms with Crippen molar-refractivity contribution in [3.8, 4) is 0 Å². The predicted molar refractivity (Wildman–Crippen MR) is 76.8 cm³/mol. The van der Waals surface area contributed by atoms with Crippen LogP contribution in [0.15, 0.2) is 41.1 Å². The van der Waals surface area contributed by atoms with Crippen molar-refractivity contribution in [2.75, 3.05) is 6.54 Å². The van der Waals surface area contributed by atoms with Crippen LogP contribution in [-0.2, 0) is 11.3 Å². The second-order valence-electron chi connectivity index (χ2n) is 4.80. The fraction of sp³-hybridized carbons (Fsp3) is 0.267. The van der Waals surface area contributed by atoms with Crippen LogP contribution in [0.3, 0.4) is 0 Å². The van der Waals surface area contributed by atoms with E-state index in [0.717, 1.165) is 5.56 Å². The summed E-state index contributed by atoms with van der Waals surface area (Å²) in [6.07, 6.45) is -0.00648. The minimum absolute atomic E-state index is 0.00648. The maximum absolute atomic E-state index is 12.1. The number of nitrogens with one attached hydrogen (secondary N) is 1. The standard InChI is InChI=1S/C15H16N2OS/c1-11-9-19-10-13(11)8-17-14(18)7-16-15(17)12-5-3-2-4-6-12/h2-6,9-10,15-16H,7-8H2,1H3. The van der Waals surface area contributed by atoms with E-state index in [0.29, 0.717) is 13.1 Å². The predicted octanol–water partition coefficient (Wildman–Crippen LogP) is 2.69. The van der Waals surface area contributed by atoms with E-state index in [2.05, 4.69) is 35.1 Å². The Bertz CT molecular complexity index is 579. The van der Waals surface area contributed by atoms with Gasteiger partial charge in [-0.25, -0.2) is 0 Å². The molecule has 1 aromatic heterocycles. The molecule has 0 spiro atoms. The van der Waals surface area contributed by atoms with E-state index in [4.69, 9.17) is 0 Å². The number of nitrogens with zero attached hydrogens (tertiary/aromatic N) is 1. The minimum Gasteiger partial charge on any atom is -0.317 e. The van der Waals surface area contributed by atoms with Crippen molar-refractivity contribution in [3.63, 3.8) is 0 Å². The first-order chi connectivity index (χ1) is 9.25.